The molecule has 5 nitrogen and oxygen atoms in total. The summed E-state index contributed by atoms with van der Waals surface area (Å²) in [6.45, 7) is 11.2. The van der Waals surface area contributed by atoms with Gasteiger partial charge in [0, 0.05) is 43.8 Å². The Kier molecular flexibility index (Phi) is 4.88. The molecule has 0 bridgehead atoms. The Morgan fingerprint density at radius 3 is 2.52 bits per heavy atom. The number of rotatable bonds is 3. The van der Waals surface area contributed by atoms with Gasteiger partial charge in [0.2, 0.25) is 0 Å². The molecular weight excluding hydrogens is 290 g/mol. The van der Waals surface area contributed by atoms with Crippen LogP contribution in [0.15, 0.2) is 0 Å². The maximum Gasteiger partial charge on any atom is 0.410 e. The van der Waals surface area contributed by atoms with E-state index >= 15 is 0 Å². The molecule has 1 amide bonds. The van der Waals surface area contributed by atoms with Crippen LogP contribution in [0.4, 0.5) is 4.79 Å². The molecule has 2 heterocycles. The fourth-order valence-corrected chi connectivity index (χ4v) is 3.94. The fraction of sp³-hybridized carbons (Fsp3) is 0.944. The van der Waals surface area contributed by atoms with Crippen molar-refractivity contribution in [3.63, 3.8) is 0 Å². The number of hydrogen-bond acceptors (Lipinski definition) is 4. The molecule has 132 valence electrons. The van der Waals surface area contributed by atoms with E-state index < -0.39 is 5.60 Å². The van der Waals surface area contributed by atoms with Crippen LogP contribution in [-0.2, 0) is 4.74 Å². The highest BCUT2D eigenvalue weighted by Crippen LogP contribution is 2.30. The van der Waals surface area contributed by atoms with Gasteiger partial charge in [0.15, 0.2) is 0 Å². The summed E-state index contributed by atoms with van der Waals surface area (Å²) in [5.41, 5.74) is -0.423. The van der Waals surface area contributed by atoms with Gasteiger partial charge in [-0.3, -0.25) is 4.90 Å². The lowest BCUT2D eigenvalue weighted by atomic mass is 9.96. The van der Waals surface area contributed by atoms with Gasteiger partial charge in [0.25, 0.3) is 0 Å². The van der Waals surface area contributed by atoms with Crippen molar-refractivity contribution in [1.82, 2.24) is 15.1 Å². The van der Waals surface area contributed by atoms with Crippen LogP contribution in [0.1, 0.15) is 59.8 Å². The molecule has 23 heavy (non-hydrogen) atoms. The highest BCUT2D eigenvalue weighted by atomic mass is 16.6. The van der Waals surface area contributed by atoms with E-state index in [4.69, 9.17) is 4.74 Å². The van der Waals surface area contributed by atoms with Crippen LogP contribution >= 0.6 is 0 Å². The Balaban J connectivity index is 1.52. The van der Waals surface area contributed by atoms with E-state index in [1.54, 1.807) is 0 Å². The first-order chi connectivity index (χ1) is 10.8. The third kappa shape index (κ3) is 4.38. The lowest BCUT2D eigenvalue weighted by Crippen LogP contribution is -2.57. The van der Waals surface area contributed by atoms with Crippen LogP contribution in [0.5, 0.6) is 0 Å². The minimum absolute atomic E-state index is 0.164. The molecule has 3 unspecified atom stereocenters. The first-order valence-electron chi connectivity index (χ1n) is 9.33. The first kappa shape index (κ1) is 17.0. The lowest BCUT2D eigenvalue weighted by Gasteiger charge is -2.41. The average Bonchev–Trinajstić information content (AvgIpc) is 3.20. The highest BCUT2D eigenvalue weighted by molar-refractivity contribution is 5.68. The molecule has 0 aromatic carbocycles. The minimum Gasteiger partial charge on any atom is -0.444 e. The van der Waals surface area contributed by atoms with Gasteiger partial charge < -0.3 is 15.0 Å². The number of hydrogen-bond donors (Lipinski definition) is 1. The maximum absolute atomic E-state index is 12.4. The molecule has 3 rings (SSSR count). The standard InChI is InChI=1S/C18H33N3O2/c1-13-16(19-14-9-11-20(12-14)15-7-8-15)6-5-10-21(13)17(22)23-18(2,3)4/h13-16,19H,5-12H2,1-4H3. The maximum atomic E-state index is 12.4. The summed E-state index contributed by atoms with van der Waals surface area (Å²) in [6, 6.07) is 2.04. The number of piperidine rings is 1. The van der Waals surface area contributed by atoms with Gasteiger partial charge in [-0.15, -0.1) is 0 Å². The zero-order valence-corrected chi connectivity index (χ0v) is 15.2. The van der Waals surface area contributed by atoms with Crippen LogP contribution in [0.3, 0.4) is 0 Å². The van der Waals surface area contributed by atoms with Crippen LogP contribution in [0.2, 0.25) is 0 Å². The van der Waals surface area contributed by atoms with Crippen LogP contribution in [0, 0.1) is 0 Å². The van der Waals surface area contributed by atoms with E-state index in [2.05, 4.69) is 17.1 Å². The second kappa shape index (κ2) is 6.60. The zero-order valence-electron chi connectivity index (χ0n) is 15.2. The largest absolute Gasteiger partial charge is 0.444 e. The molecule has 0 radical (unpaired) electrons. The number of carbonyl (C=O) groups excluding carboxylic acids is 1. The van der Waals surface area contributed by atoms with E-state index in [0.29, 0.717) is 12.1 Å². The normalized spacial score (nSPS) is 33.0. The monoisotopic (exact) mass is 323 g/mol. The summed E-state index contributed by atoms with van der Waals surface area (Å²) in [5.74, 6) is 0. The van der Waals surface area contributed by atoms with E-state index in [1.807, 2.05) is 25.7 Å². The van der Waals surface area contributed by atoms with E-state index in [0.717, 1.165) is 25.4 Å². The topological polar surface area (TPSA) is 44.8 Å². The van der Waals surface area contributed by atoms with Gasteiger partial charge in [-0.25, -0.2) is 4.79 Å². The van der Waals surface area contributed by atoms with Gasteiger partial charge in [-0.2, -0.15) is 0 Å². The van der Waals surface area contributed by atoms with Crippen molar-refractivity contribution in [2.75, 3.05) is 19.6 Å². The van der Waals surface area contributed by atoms with Crippen molar-refractivity contribution in [2.45, 2.75) is 89.6 Å². The number of nitrogens with one attached hydrogen (secondary N) is 1. The number of carbonyl (C=O) groups is 1. The quantitative estimate of drug-likeness (QED) is 0.867. The molecule has 3 fully saturated rings. The molecule has 5 heteroatoms. The SMILES string of the molecule is CC1C(NC2CCN(C3CC3)C2)CCCN1C(=O)OC(C)(C)C. The van der Waals surface area contributed by atoms with Crippen molar-refractivity contribution in [3.8, 4) is 0 Å². The van der Waals surface area contributed by atoms with Gasteiger partial charge in [-0.1, -0.05) is 0 Å². The predicted octanol–water partition coefficient (Wildman–Crippen LogP) is 2.60. The number of ether oxygens (including phenoxy) is 1. The van der Waals surface area contributed by atoms with Gasteiger partial charge in [0.05, 0.1) is 0 Å². The van der Waals surface area contributed by atoms with Crippen LogP contribution < -0.4 is 5.32 Å². The summed E-state index contributed by atoms with van der Waals surface area (Å²) in [6.07, 6.45) is 6.06. The summed E-state index contributed by atoms with van der Waals surface area (Å²) in [4.78, 5) is 17.0. The minimum atomic E-state index is -0.423. The Labute approximate surface area is 140 Å². The molecule has 2 aliphatic heterocycles. The van der Waals surface area contributed by atoms with E-state index in [9.17, 15) is 4.79 Å². The Morgan fingerprint density at radius 2 is 1.87 bits per heavy atom. The molecule has 0 spiro atoms. The van der Waals surface area contributed by atoms with Gasteiger partial charge >= 0.3 is 6.09 Å². The number of likely N-dealkylation sites (tertiary alicyclic amines) is 2. The smallest absolute Gasteiger partial charge is 0.410 e. The average molecular weight is 323 g/mol. The van der Waals surface area contributed by atoms with Crippen molar-refractivity contribution in [2.24, 2.45) is 0 Å². The molecule has 1 aliphatic carbocycles. The van der Waals surface area contributed by atoms with Crippen LogP contribution in [-0.4, -0.2) is 65.3 Å². The van der Waals surface area contributed by atoms with E-state index in [1.165, 1.54) is 32.4 Å². The van der Waals surface area contributed by atoms with E-state index in [-0.39, 0.29) is 12.1 Å². The molecule has 3 atom stereocenters. The number of nitrogens with zero attached hydrogens (tertiary/aromatic N) is 2. The number of amides is 1. The predicted molar refractivity (Wildman–Crippen MR) is 91.6 cm³/mol. The molecular formula is C18H33N3O2. The van der Waals surface area contributed by atoms with Crippen molar-refractivity contribution >= 4 is 6.09 Å². The third-order valence-electron chi connectivity index (χ3n) is 5.35. The molecule has 0 aromatic heterocycles. The third-order valence-corrected chi connectivity index (χ3v) is 5.35. The summed E-state index contributed by atoms with van der Waals surface area (Å²) in [5, 5.41) is 3.84. The van der Waals surface area contributed by atoms with Crippen molar-refractivity contribution in [1.29, 1.82) is 0 Å². The fourth-order valence-electron chi connectivity index (χ4n) is 3.94. The van der Waals surface area contributed by atoms with Gasteiger partial charge in [-0.05, 0) is 59.8 Å². The lowest BCUT2D eigenvalue weighted by molar-refractivity contribution is 0.00638. The molecule has 0 aromatic rings. The molecule has 1 N–H and O–H groups in total. The highest BCUT2D eigenvalue weighted by Gasteiger charge is 2.38. The summed E-state index contributed by atoms with van der Waals surface area (Å²) in [7, 11) is 0. The first-order valence-corrected chi connectivity index (χ1v) is 9.33. The Hall–Kier alpha value is -0.810. The Morgan fingerprint density at radius 1 is 1.13 bits per heavy atom. The van der Waals surface area contributed by atoms with Crippen LogP contribution in [0.25, 0.3) is 0 Å². The van der Waals surface area contributed by atoms with Gasteiger partial charge in [0.1, 0.15) is 5.60 Å². The molecule has 2 saturated heterocycles. The molecule has 3 aliphatic rings. The summed E-state index contributed by atoms with van der Waals surface area (Å²) >= 11 is 0. The summed E-state index contributed by atoms with van der Waals surface area (Å²) < 4.78 is 5.57. The second-order valence-corrected chi connectivity index (χ2v) is 8.54. The van der Waals surface area contributed by atoms with Crippen molar-refractivity contribution < 1.29 is 9.53 Å². The van der Waals surface area contributed by atoms with Crippen molar-refractivity contribution in [3.05, 3.63) is 0 Å². The molecule has 1 saturated carbocycles. The second-order valence-electron chi connectivity index (χ2n) is 8.54. The Bertz CT molecular complexity index is 430. The zero-order chi connectivity index (χ0) is 16.6.